The summed E-state index contributed by atoms with van der Waals surface area (Å²) in [6.45, 7) is 10.8. The average Bonchev–Trinajstić information content (AvgIpc) is 3.94. The zero-order chi connectivity index (χ0) is 43.5. The Balaban J connectivity index is 1.24. The molecule has 334 valence electrons. The molecule has 2 heterocycles. The summed E-state index contributed by atoms with van der Waals surface area (Å²) in [5.41, 5.74) is 0.00494. The summed E-state index contributed by atoms with van der Waals surface area (Å²) in [6.07, 6.45) is 5.76. The van der Waals surface area contributed by atoms with Crippen LogP contribution in [0.1, 0.15) is 106 Å². The number of carbonyl (C=O) groups excluding carboxylic acids is 5. The number of thiazole rings is 1. The highest BCUT2D eigenvalue weighted by Gasteiger charge is 2.41. The van der Waals surface area contributed by atoms with E-state index in [4.69, 9.17) is 33.4 Å². The molecule has 0 spiro atoms. The first-order valence-corrected chi connectivity index (χ1v) is 21.8. The van der Waals surface area contributed by atoms with E-state index in [1.807, 2.05) is 4.90 Å². The van der Waals surface area contributed by atoms with Gasteiger partial charge in [0.15, 0.2) is 0 Å². The number of aromatic nitrogens is 1. The number of hydrogen-bond acceptors (Lipinski definition) is 14. The van der Waals surface area contributed by atoms with Crippen LogP contribution in [0.5, 0.6) is 5.75 Å². The van der Waals surface area contributed by atoms with Gasteiger partial charge in [-0.15, -0.1) is 11.3 Å². The number of ether oxygens (including phenoxy) is 7. The van der Waals surface area contributed by atoms with Crippen LogP contribution in [0.4, 0.5) is 4.79 Å². The molecule has 16 nitrogen and oxygen atoms in total. The van der Waals surface area contributed by atoms with Gasteiger partial charge in [0.25, 0.3) is 0 Å². The van der Waals surface area contributed by atoms with Gasteiger partial charge < -0.3 is 43.4 Å². The molecule has 2 aliphatic rings. The maximum absolute atomic E-state index is 14.4. The zero-order valence-corrected chi connectivity index (χ0v) is 36.9. The molecule has 1 N–H and O–H groups in total. The number of rotatable bonds is 24. The number of ketones is 1. The molecular weight excluding hydrogens is 797 g/mol. The normalized spacial score (nSPS) is 16.8. The summed E-state index contributed by atoms with van der Waals surface area (Å²) in [5, 5.41) is 5.44. The minimum absolute atomic E-state index is 0.0276. The highest BCUT2D eigenvalue weighted by Crippen LogP contribution is 2.37. The lowest BCUT2D eigenvalue weighted by Gasteiger charge is -2.36. The molecule has 1 saturated heterocycles. The van der Waals surface area contributed by atoms with Crippen molar-refractivity contribution < 1.29 is 57.1 Å². The van der Waals surface area contributed by atoms with Gasteiger partial charge in [-0.2, -0.15) is 0 Å². The van der Waals surface area contributed by atoms with Crippen LogP contribution in [0, 0.1) is 5.92 Å². The number of amides is 3. The third-order valence-electron chi connectivity index (χ3n) is 10.3. The Morgan fingerprint density at radius 2 is 1.52 bits per heavy atom. The Morgan fingerprint density at radius 1 is 0.883 bits per heavy atom. The van der Waals surface area contributed by atoms with Gasteiger partial charge >= 0.3 is 12.1 Å². The van der Waals surface area contributed by atoms with Crippen molar-refractivity contribution in [2.45, 2.75) is 103 Å². The lowest BCUT2D eigenvalue weighted by Crippen LogP contribution is -2.56. The first kappa shape index (κ1) is 48.5. The Hall–Kier alpha value is -4.16. The SMILES string of the molecule is COC(=O)CCOCCOCCOCCOCCOc1cccc(C(=O)c2csc([C@@H]3CCCN3C(=O)[C@@H](NC(=O)[C@H](C)N(C)C(=O)OC(C)(C)C)C3CCCCC3)n2)c1. The van der Waals surface area contributed by atoms with Gasteiger partial charge in [0, 0.05) is 24.5 Å². The van der Waals surface area contributed by atoms with Gasteiger partial charge in [0.05, 0.1) is 72.4 Å². The number of benzene rings is 1. The van der Waals surface area contributed by atoms with E-state index in [0.717, 1.165) is 38.5 Å². The summed E-state index contributed by atoms with van der Waals surface area (Å²) in [4.78, 5) is 73.2. The van der Waals surface area contributed by atoms with E-state index in [9.17, 15) is 24.0 Å². The molecule has 3 amide bonds. The molecule has 60 heavy (non-hydrogen) atoms. The summed E-state index contributed by atoms with van der Waals surface area (Å²) < 4.78 is 37.7. The van der Waals surface area contributed by atoms with Gasteiger partial charge in [-0.05, 0) is 71.4 Å². The highest BCUT2D eigenvalue weighted by molar-refractivity contribution is 7.10. The van der Waals surface area contributed by atoms with Crippen molar-refractivity contribution in [1.29, 1.82) is 0 Å². The number of likely N-dealkylation sites (tertiary alicyclic amines) is 1. The predicted molar refractivity (Wildman–Crippen MR) is 223 cm³/mol. The van der Waals surface area contributed by atoms with E-state index in [0.29, 0.717) is 87.8 Å². The summed E-state index contributed by atoms with van der Waals surface area (Å²) in [5.74, 6) is -0.638. The van der Waals surface area contributed by atoms with Gasteiger partial charge in [-0.1, -0.05) is 31.4 Å². The molecule has 1 aromatic carbocycles. The van der Waals surface area contributed by atoms with Crippen LogP contribution in [0.2, 0.25) is 0 Å². The van der Waals surface area contributed by atoms with Crippen LogP contribution in [-0.2, 0) is 42.8 Å². The molecule has 1 aliphatic heterocycles. The van der Waals surface area contributed by atoms with E-state index in [1.54, 1.807) is 57.3 Å². The standard InChI is InChI=1S/C43H64N4O12S/c1-30(46(5)42(52)59-43(2,3)4)39(50)45-37(31-12-8-7-9-13-31)41(51)47-18-11-16-35(47)40-44-34(29-60-40)38(49)32-14-10-15-33(28-32)58-27-26-57-25-24-56-23-22-55-21-20-54-19-17-36(48)53-6/h10,14-15,28-31,35,37H,7-9,11-13,16-27H2,1-6H3,(H,45,50)/t30-,35-,37-/m0/s1. The number of methoxy groups -OCH3 is 1. The molecule has 17 heteroatoms. The van der Waals surface area contributed by atoms with Crippen LogP contribution in [0.25, 0.3) is 0 Å². The monoisotopic (exact) mass is 860 g/mol. The quantitative estimate of drug-likeness (QED) is 0.0810. The van der Waals surface area contributed by atoms with Crippen molar-refractivity contribution >= 4 is 41.0 Å². The van der Waals surface area contributed by atoms with Crippen LogP contribution < -0.4 is 10.1 Å². The second-order valence-electron chi connectivity index (χ2n) is 15.9. The van der Waals surface area contributed by atoms with Crippen LogP contribution in [-0.4, -0.2) is 142 Å². The minimum atomic E-state index is -0.855. The van der Waals surface area contributed by atoms with Crippen molar-refractivity contribution in [2.75, 3.05) is 80.2 Å². The average molecular weight is 861 g/mol. The molecule has 2 fully saturated rings. The third-order valence-corrected chi connectivity index (χ3v) is 11.2. The summed E-state index contributed by atoms with van der Waals surface area (Å²) in [7, 11) is 2.86. The second-order valence-corrected chi connectivity index (χ2v) is 16.8. The Labute approximate surface area is 357 Å². The molecule has 3 atom stereocenters. The molecule has 1 aromatic heterocycles. The largest absolute Gasteiger partial charge is 0.491 e. The molecular formula is C43H64N4O12S. The zero-order valence-electron chi connectivity index (χ0n) is 36.1. The van der Waals surface area contributed by atoms with E-state index in [-0.39, 0.29) is 42.6 Å². The van der Waals surface area contributed by atoms with E-state index >= 15 is 0 Å². The van der Waals surface area contributed by atoms with E-state index < -0.39 is 29.7 Å². The van der Waals surface area contributed by atoms with Crippen molar-refractivity contribution in [2.24, 2.45) is 5.92 Å². The third kappa shape index (κ3) is 15.7. The van der Waals surface area contributed by atoms with Crippen LogP contribution in [0.3, 0.4) is 0 Å². The molecule has 0 unspecified atom stereocenters. The first-order chi connectivity index (χ1) is 28.8. The van der Waals surface area contributed by atoms with Crippen molar-refractivity contribution in [3.63, 3.8) is 0 Å². The van der Waals surface area contributed by atoms with E-state index in [2.05, 4.69) is 10.1 Å². The number of nitrogens with one attached hydrogen (secondary N) is 1. The van der Waals surface area contributed by atoms with Crippen molar-refractivity contribution in [3.8, 4) is 5.75 Å². The number of hydrogen-bond donors (Lipinski definition) is 1. The Kier molecular flexibility index (Phi) is 20.2. The lowest BCUT2D eigenvalue weighted by atomic mass is 9.83. The molecule has 0 radical (unpaired) electrons. The van der Waals surface area contributed by atoms with Gasteiger partial charge in [0.1, 0.15) is 40.7 Å². The second kappa shape index (κ2) is 24.9. The Morgan fingerprint density at radius 3 is 2.15 bits per heavy atom. The topological polar surface area (TPSA) is 181 Å². The van der Waals surface area contributed by atoms with Gasteiger partial charge in [0.2, 0.25) is 17.6 Å². The van der Waals surface area contributed by atoms with Crippen molar-refractivity contribution in [1.82, 2.24) is 20.1 Å². The number of nitrogens with zero attached hydrogens (tertiary/aromatic N) is 3. The van der Waals surface area contributed by atoms with Crippen LogP contribution in [0.15, 0.2) is 29.6 Å². The molecule has 0 bridgehead atoms. The number of likely N-dealkylation sites (N-methyl/N-ethyl adjacent to an activating group) is 1. The predicted octanol–water partition coefficient (Wildman–Crippen LogP) is 5.37. The summed E-state index contributed by atoms with van der Waals surface area (Å²) in [6, 6.07) is 5.00. The first-order valence-electron chi connectivity index (χ1n) is 21.0. The summed E-state index contributed by atoms with van der Waals surface area (Å²) >= 11 is 1.35. The Bertz CT molecular complexity index is 1680. The van der Waals surface area contributed by atoms with Gasteiger partial charge in [-0.25, -0.2) is 9.78 Å². The number of esters is 1. The molecule has 1 saturated carbocycles. The fourth-order valence-corrected chi connectivity index (χ4v) is 7.86. The maximum atomic E-state index is 14.4. The number of carbonyl (C=O) groups is 5. The molecule has 2 aromatic rings. The van der Waals surface area contributed by atoms with E-state index in [1.165, 1.54) is 30.4 Å². The van der Waals surface area contributed by atoms with Crippen LogP contribution >= 0.6 is 11.3 Å². The lowest BCUT2D eigenvalue weighted by molar-refractivity contribution is -0.142. The molecule has 1 aliphatic carbocycles. The molecule has 4 rings (SSSR count). The maximum Gasteiger partial charge on any atom is 0.410 e. The van der Waals surface area contributed by atoms with Crippen molar-refractivity contribution in [3.05, 3.63) is 45.9 Å². The minimum Gasteiger partial charge on any atom is -0.491 e. The smallest absolute Gasteiger partial charge is 0.410 e. The highest BCUT2D eigenvalue weighted by atomic mass is 32.1. The fraction of sp³-hybridized carbons (Fsp3) is 0.674. The van der Waals surface area contributed by atoms with Gasteiger partial charge in [-0.3, -0.25) is 24.1 Å². The fourth-order valence-electron chi connectivity index (χ4n) is 6.91.